The summed E-state index contributed by atoms with van der Waals surface area (Å²) in [7, 11) is -1.63. The molecule has 3 rings (SSSR count). The Kier molecular flexibility index (Phi) is 2.95. The van der Waals surface area contributed by atoms with Gasteiger partial charge < -0.3 is 5.32 Å². The van der Waals surface area contributed by atoms with Crippen LogP contribution in [0.2, 0.25) is 0 Å². The summed E-state index contributed by atoms with van der Waals surface area (Å²) in [5.41, 5.74) is 1.30. The first-order chi connectivity index (χ1) is 8.91. The van der Waals surface area contributed by atoms with Gasteiger partial charge >= 0.3 is 0 Å². The zero-order chi connectivity index (χ0) is 13.8. The summed E-state index contributed by atoms with van der Waals surface area (Å²) in [6.45, 7) is 5.79. The molecule has 0 unspecified atom stereocenters. The van der Waals surface area contributed by atoms with Crippen LogP contribution in [0.1, 0.15) is 17.8 Å². The quantitative estimate of drug-likeness (QED) is 0.831. The van der Waals surface area contributed by atoms with Crippen molar-refractivity contribution in [3.05, 3.63) is 11.4 Å². The van der Waals surface area contributed by atoms with Crippen molar-refractivity contribution >= 4 is 10.0 Å². The first-order valence-corrected chi connectivity index (χ1v) is 8.09. The van der Waals surface area contributed by atoms with Crippen molar-refractivity contribution in [2.75, 3.05) is 19.6 Å². The number of nitrogens with one attached hydrogen (secondary N) is 1. The van der Waals surface area contributed by atoms with Crippen LogP contribution in [0.25, 0.3) is 0 Å². The van der Waals surface area contributed by atoms with E-state index in [0.29, 0.717) is 41.3 Å². The molecule has 2 saturated heterocycles. The van der Waals surface area contributed by atoms with E-state index >= 15 is 0 Å². The summed E-state index contributed by atoms with van der Waals surface area (Å²) in [4.78, 5) is 0.384. The van der Waals surface area contributed by atoms with Crippen LogP contribution >= 0.6 is 0 Å². The van der Waals surface area contributed by atoms with E-state index in [1.54, 1.807) is 23.0 Å². The van der Waals surface area contributed by atoms with Crippen molar-refractivity contribution < 1.29 is 8.42 Å². The summed E-state index contributed by atoms with van der Waals surface area (Å²) < 4.78 is 28.8. The van der Waals surface area contributed by atoms with Crippen molar-refractivity contribution in [1.29, 1.82) is 0 Å². The summed E-state index contributed by atoms with van der Waals surface area (Å²) >= 11 is 0. The molecule has 0 bridgehead atoms. The van der Waals surface area contributed by atoms with Crippen LogP contribution in [0.15, 0.2) is 4.90 Å². The van der Waals surface area contributed by atoms with Crippen LogP contribution in [0.4, 0.5) is 0 Å². The molecule has 0 radical (unpaired) electrons. The molecule has 0 spiro atoms. The van der Waals surface area contributed by atoms with E-state index in [4.69, 9.17) is 0 Å². The Morgan fingerprint density at radius 3 is 2.63 bits per heavy atom. The maximum Gasteiger partial charge on any atom is 0.246 e. The van der Waals surface area contributed by atoms with Gasteiger partial charge in [0.1, 0.15) is 4.90 Å². The first kappa shape index (κ1) is 13.1. The molecule has 0 aromatic carbocycles. The summed E-state index contributed by atoms with van der Waals surface area (Å²) in [5, 5.41) is 7.60. The van der Waals surface area contributed by atoms with Gasteiger partial charge in [-0.15, -0.1) is 0 Å². The molecule has 1 N–H and O–H groups in total. The Bertz CT molecular complexity index is 595. The monoisotopic (exact) mass is 284 g/mol. The summed E-state index contributed by atoms with van der Waals surface area (Å²) in [6.07, 6.45) is 1.07. The van der Waals surface area contributed by atoms with Gasteiger partial charge in [0.15, 0.2) is 0 Å². The molecule has 3 heterocycles. The van der Waals surface area contributed by atoms with Gasteiger partial charge in [0.25, 0.3) is 0 Å². The smallest absolute Gasteiger partial charge is 0.246 e. The largest absolute Gasteiger partial charge is 0.312 e. The maximum absolute atomic E-state index is 12.8. The zero-order valence-corrected chi connectivity index (χ0v) is 12.4. The molecule has 0 aliphatic carbocycles. The van der Waals surface area contributed by atoms with E-state index in [0.717, 1.165) is 13.0 Å². The van der Waals surface area contributed by atoms with Gasteiger partial charge in [0.05, 0.1) is 11.4 Å². The van der Waals surface area contributed by atoms with Gasteiger partial charge in [-0.05, 0) is 32.7 Å². The second-order valence-electron chi connectivity index (χ2n) is 5.55. The highest BCUT2D eigenvalue weighted by atomic mass is 32.2. The van der Waals surface area contributed by atoms with Crippen molar-refractivity contribution in [3.63, 3.8) is 0 Å². The molecule has 7 heteroatoms. The minimum absolute atomic E-state index is 0.326. The third-order valence-electron chi connectivity index (χ3n) is 4.37. The van der Waals surface area contributed by atoms with Crippen molar-refractivity contribution in [2.24, 2.45) is 13.0 Å². The molecular weight excluding hydrogens is 264 g/mol. The number of rotatable bonds is 2. The minimum atomic E-state index is -3.41. The minimum Gasteiger partial charge on any atom is -0.312 e. The van der Waals surface area contributed by atoms with Gasteiger partial charge in [-0.3, -0.25) is 4.68 Å². The molecule has 2 aliphatic rings. The summed E-state index contributed by atoms with van der Waals surface area (Å²) in [6, 6.07) is 0.326. The third-order valence-corrected chi connectivity index (χ3v) is 6.45. The van der Waals surface area contributed by atoms with E-state index in [1.165, 1.54) is 0 Å². The zero-order valence-electron chi connectivity index (χ0n) is 11.5. The number of hydrogen-bond acceptors (Lipinski definition) is 4. The van der Waals surface area contributed by atoms with Gasteiger partial charge in [-0.2, -0.15) is 9.40 Å². The lowest BCUT2D eigenvalue weighted by molar-refractivity contribution is 0.447. The topological polar surface area (TPSA) is 67.2 Å². The van der Waals surface area contributed by atoms with Crippen LogP contribution < -0.4 is 5.32 Å². The molecule has 2 fully saturated rings. The molecular formula is C12H20N4O2S. The fraction of sp³-hybridized carbons (Fsp3) is 0.750. The highest BCUT2D eigenvalue weighted by Gasteiger charge is 2.42. The van der Waals surface area contributed by atoms with Gasteiger partial charge in [0.2, 0.25) is 10.0 Å². The molecule has 0 saturated carbocycles. The highest BCUT2D eigenvalue weighted by Crippen LogP contribution is 2.31. The number of fused-ring (bicyclic) bond motifs is 1. The number of aryl methyl sites for hydroxylation is 2. The van der Waals surface area contributed by atoms with Gasteiger partial charge in [0, 0.05) is 26.2 Å². The molecule has 1 aromatic heterocycles. The molecule has 106 valence electrons. The van der Waals surface area contributed by atoms with E-state index in [2.05, 4.69) is 10.4 Å². The molecule has 1 aromatic rings. The molecule has 19 heavy (non-hydrogen) atoms. The highest BCUT2D eigenvalue weighted by molar-refractivity contribution is 7.89. The normalized spacial score (nSPS) is 27.9. The lowest BCUT2D eigenvalue weighted by atomic mass is 10.1. The Hall–Kier alpha value is -0.920. The van der Waals surface area contributed by atoms with E-state index in [9.17, 15) is 8.42 Å². The van der Waals surface area contributed by atoms with Crippen molar-refractivity contribution in [3.8, 4) is 0 Å². The Morgan fingerprint density at radius 1 is 1.32 bits per heavy atom. The lowest BCUT2D eigenvalue weighted by Crippen LogP contribution is -2.34. The van der Waals surface area contributed by atoms with Crippen molar-refractivity contribution in [1.82, 2.24) is 19.4 Å². The molecule has 6 nitrogen and oxygen atoms in total. The predicted octanol–water partition coefficient (Wildman–Crippen LogP) is 0.0193. The SMILES string of the molecule is Cc1nn(C)c(C)c1S(=O)(=O)N1C[C@@H]2CCN[C@@H]2C1. The molecule has 2 atom stereocenters. The number of hydrogen-bond donors (Lipinski definition) is 1. The lowest BCUT2D eigenvalue weighted by Gasteiger charge is -2.17. The van der Waals surface area contributed by atoms with Crippen LogP contribution in [0, 0.1) is 19.8 Å². The van der Waals surface area contributed by atoms with Gasteiger partial charge in [-0.25, -0.2) is 8.42 Å². The second-order valence-corrected chi connectivity index (χ2v) is 7.43. The van der Waals surface area contributed by atoms with Crippen LogP contribution in [-0.2, 0) is 17.1 Å². The summed E-state index contributed by atoms with van der Waals surface area (Å²) in [5.74, 6) is 0.465. The number of nitrogens with zero attached hydrogens (tertiary/aromatic N) is 3. The molecule has 0 amide bonds. The second kappa shape index (κ2) is 4.29. The average Bonchev–Trinajstić information content (AvgIpc) is 2.92. The Labute approximate surface area is 113 Å². The van der Waals surface area contributed by atoms with E-state index < -0.39 is 10.0 Å². The fourth-order valence-corrected chi connectivity index (χ4v) is 5.18. The van der Waals surface area contributed by atoms with Gasteiger partial charge in [-0.1, -0.05) is 0 Å². The average molecular weight is 284 g/mol. The van der Waals surface area contributed by atoms with Crippen LogP contribution in [-0.4, -0.2) is 48.2 Å². The number of aromatic nitrogens is 2. The van der Waals surface area contributed by atoms with Crippen molar-refractivity contribution in [2.45, 2.75) is 31.2 Å². The Morgan fingerprint density at radius 2 is 2.05 bits per heavy atom. The number of sulfonamides is 1. The van der Waals surface area contributed by atoms with Crippen LogP contribution in [0.3, 0.4) is 0 Å². The molecule has 2 aliphatic heterocycles. The van der Waals surface area contributed by atoms with Crippen LogP contribution in [0.5, 0.6) is 0 Å². The Balaban J connectivity index is 1.95. The van der Waals surface area contributed by atoms with E-state index in [1.807, 2.05) is 6.92 Å². The van der Waals surface area contributed by atoms with E-state index in [-0.39, 0.29) is 0 Å². The standard InChI is InChI=1S/C12H20N4O2S/c1-8-12(9(2)15(3)14-8)19(17,18)16-6-10-4-5-13-11(10)7-16/h10-11,13H,4-7H2,1-3H3/t10-,11+/m0/s1. The maximum atomic E-state index is 12.8. The third kappa shape index (κ3) is 1.91. The fourth-order valence-electron chi connectivity index (χ4n) is 3.26. The predicted molar refractivity (Wildman–Crippen MR) is 71.3 cm³/mol. The first-order valence-electron chi connectivity index (χ1n) is 6.65.